The number of benzene rings is 1. The minimum Gasteiger partial charge on any atom is -0.276 e. The fourth-order valence-corrected chi connectivity index (χ4v) is 2.28. The van der Waals surface area contributed by atoms with Gasteiger partial charge in [0.15, 0.2) is 0 Å². The largest absolute Gasteiger partial charge is 0.276 e. The standard InChI is InChI=1S/C17H10N5.ClH.Pt/c1-4-13-14(17-21-8-3-9-22-17)10-12(11-15(13)18-5-1)16-19-6-2-7-20-16;;/h1-9,11H;1H;/q-1;;+2/p-1. The molecule has 3 aromatic heterocycles. The molecule has 0 aliphatic carbocycles. The average Bonchev–Trinajstić information content (AvgIpc) is 2.70. The Morgan fingerprint density at radius 2 is 1.33 bits per heavy atom. The molecule has 0 fully saturated rings. The van der Waals surface area contributed by atoms with Crippen LogP contribution in [0, 0.1) is 6.07 Å². The topological polar surface area (TPSA) is 64.5 Å². The van der Waals surface area contributed by atoms with E-state index in [4.69, 9.17) is 0 Å². The predicted molar refractivity (Wildman–Crippen MR) is 88.5 cm³/mol. The molecule has 0 N–H and O–H groups in total. The van der Waals surface area contributed by atoms with Gasteiger partial charge in [-0.3, -0.25) is 24.9 Å². The summed E-state index contributed by atoms with van der Waals surface area (Å²) in [4.78, 5) is 21.6. The summed E-state index contributed by atoms with van der Waals surface area (Å²) in [6.45, 7) is 0. The summed E-state index contributed by atoms with van der Waals surface area (Å²) >= 11 is 1.61. The Labute approximate surface area is 154 Å². The Bertz CT molecular complexity index is 935. The first-order valence-corrected chi connectivity index (χ1v) is 9.71. The first-order valence-electron chi connectivity index (χ1n) is 6.89. The van der Waals surface area contributed by atoms with E-state index in [9.17, 15) is 0 Å². The van der Waals surface area contributed by atoms with Gasteiger partial charge in [-0.2, -0.15) is 0 Å². The Kier molecular flexibility index (Phi) is 5.57. The molecule has 24 heavy (non-hydrogen) atoms. The van der Waals surface area contributed by atoms with Crippen molar-refractivity contribution >= 4 is 20.3 Å². The van der Waals surface area contributed by atoms with E-state index < -0.39 is 0 Å². The Morgan fingerprint density at radius 3 is 2.00 bits per heavy atom. The summed E-state index contributed by atoms with van der Waals surface area (Å²) in [5, 5.41) is 0.952. The third-order valence-electron chi connectivity index (χ3n) is 3.24. The molecule has 0 saturated heterocycles. The fraction of sp³-hybridized carbons (Fsp3) is 0. The summed E-state index contributed by atoms with van der Waals surface area (Å²) < 4.78 is 0. The van der Waals surface area contributed by atoms with Crippen LogP contribution in [0.1, 0.15) is 0 Å². The van der Waals surface area contributed by atoms with Gasteiger partial charge in [0.2, 0.25) is 0 Å². The van der Waals surface area contributed by atoms with Gasteiger partial charge >= 0.3 is 28.2 Å². The molecule has 0 bridgehead atoms. The van der Waals surface area contributed by atoms with Gasteiger partial charge in [0.1, 0.15) is 0 Å². The summed E-state index contributed by atoms with van der Waals surface area (Å²) in [6.07, 6.45) is 8.59. The van der Waals surface area contributed by atoms with Gasteiger partial charge in [0.25, 0.3) is 0 Å². The summed E-state index contributed by atoms with van der Waals surface area (Å²) in [5.41, 5.74) is 2.41. The van der Waals surface area contributed by atoms with E-state index >= 15 is 0 Å². The van der Waals surface area contributed by atoms with Gasteiger partial charge < -0.3 is 0 Å². The number of pyridine rings is 1. The third kappa shape index (κ3) is 3.47. The Balaban J connectivity index is 0.000000815. The zero-order valence-corrected chi connectivity index (χ0v) is 15.2. The SMILES string of the molecule is [Cl][Pt+].[c-]1c(-c2ncccn2)cc2ncccc2c1-c1ncccn1. The second-order valence-electron chi connectivity index (χ2n) is 4.64. The van der Waals surface area contributed by atoms with E-state index in [2.05, 4.69) is 40.4 Å². The van der Waals surface area contributed by atoms with Crippen molar-refractivity contribution < 1.29 is 18.8 Å². The molecular weight excluding hydrogens is 505 g/mol. The summed E-state index contributed by atoms with van der Waals surface area (Å²) in [7, 11) is 4.61. The summed E-state index contributed by atoms with van der Waals surface area (Å²) in [5.74, 6) is 1.21. The number of rotatable bonds is 2. The van der Waals surface area contributed by atoms with Crippen molar-refractivity contribution in [3.05, 3.63) is 67.4 Å². The molecule has 0 atom stereocenters. The predicted octanol–water partition coefficient (Wildman–Crippen LogP) is 3.64. The molecule has 7 heteroatoms. The maximum absolute atomic E-state index is 4.61. The van der Waals surface area contributed by atoms with Crippen LogP contribution < -0.4 is 0 Å². The van der Waals surface area contributed by atoms with Crippen molar-refractivity contribution in [2.24, 2.45) is 0 Å². The Morgan fingerprint density at radius 1 is 0.750 bits per heavy atom. The monoisotopic (exact) mass is 514 g/mol. The van der Waals surface area contributed by atoms with Crippen LogP contribution in [0.4, 0.5) is 0 Å². The first kappa shape index (κ1) is 16.6. The summed E-state index contributed by atoms with van der Waals surface area (Å²) in [6, 6.07) is 12.7. The maximum Gasteiger partial charge on any atom is 0.0926 e. The molecule has 4 aromatic rings. The van der Waals surface area contributed by atoms with Crippen LogP contribution in [0.2, 0.25) is 0 Å². The minimum absolute atomic E-state index is 0.604. The van der Waals surface area contributed by atoms with Crippen molar-refractivity contribution in [1.29, 1.82) is 0 Å². The quantitative estimate of drug-likeness (QED) is 0.382. The fourth-order valence-electron chi connectivity index (χ4n) is 2.28. The van der Waals surface area contributed by atoms with Crippen LogP contribution in [-0.2, 0) is 18.8 Å². The van der Waals surface area contributed by atoms with Gasteiger partial charge in [0.05, 0.1) is 11.6 Å². The maximum atomic E-state index is 4.61. The van der Waals surface area contributed by atoms with Gasteiger partial charge in [-0.05, 0) is 12.1 Å². The zero-order chi connectivity index (χ0) is 16.8. The van der Waals surface area contributed by atoms with Crippen molar-refractivity contribution in [2.45, 2.75) is 0 Å². The van der Waals surface area contributed by atoms with E-state index in [-0.39, 0.29) is 0 Å². The van der Waals surface area contributed by atoms with Crippen molar-refractivity contribution in [1.82, 2.24) is 24.9 Å². The molecule has 0 aliphatic heterocycles. The van der Waals surface area contributed by atoms with Crippen LogP contribution in [0.25, 0.3) is 33.7 Å². The van der Waals surface area contributed by atoms with Gasteiger partial charge in [-0.25, -0.2) is 0 Å². The molecule has 120 valence electrons. The van der Waals surface area contributed by atoms with E-state index in [1.165, 1.54) is 0 Å². The van der Waals surface area contributed by atoms with Crippen molar-refractivity contribution in [2.75, 3.05) is 0 Å². The number of hydrogen-bond donors (Lipinski definition) is 0. The van der Waals surface area contributed by atoms with Crippen LogP contribution in [0.5, 0.6) is 0 Å². The molecule has 0 amide bonds. The van der Waals surface area contributed by atoms with E-state index in [1.807, 2.05) is 18.2 Å². The smallest absolute Gasteiger partial charge is 0.0926 e. The zero-order valence-electron chi connectivity index (χ0n) is 12.2. The molecule has 0 unspecified atom stereocenters. The van der Waals surface area contributed by atoms with Crippen molar-refractivity contribution in [3.8, 4) is 22.8 Å². The molecule has 1 aromatic carbocycles. The van der Waals surface area contributed by atoms with Crippen LogP contribution in [0.3, 0.4) is 0 Å². The third-order valence-corrected chi connectivity index (χ3v) is 3.24. The average molecular weight is 515 g/mol. The minimum atomic E-state index is 0.604. The van der Waals surface area contributed by atoms with Crippen LogP contribution in [-0.4, -0.2) is 24.9 Å². The van der Waals surface area contributed by atoms with Gasteiger partial charge in [-0.1, -0.05) is 34.7 Å². The first-order chi connectivity index (χ1) is 11.9. The molecule has 0 spiro atoms. The molecule has 0 radical (unpaired) electrons. The second-order valence-corrected chi connectivity index (χ2v) is 4.64. The number of fused-ring (bicyclic) bond motifs is 1. The number of hydrogen-bond acceptors (Lipinski definition) is 5. The van der Waals surface area contributed by atoms with E-state index in [0.717, 1.165) is 22.0 Å². The molecule has 0 aliphatic rings. The van der Waals surface area contributed by atoms with Crippen molar-refractivity contribution in [3.63, 3.8) is 0 Å². The van der Waals surface area contributed by atoms with Crippen LogP contribution >= 0.6 is 9.42 Å². The molecule has 4 rings (SSSR count). The molecular formula is C17H10ClN5Pt. The van der Waals surface area contributed by atoms with E-state index in [0.29, 0.717) is 11.6 Å². The van der Waals surface area contributed by atoms with E-state index in [1.54, 1.807) is 61.9 Å². The molecule has 3 heterocycles. The number of nitrogens with zero attached hydrogens (tertiary/aromatic N) is 5. The second kappa shape index (κ2) is 8.04. The normalized spacial score (nSPS) is 10.1. The Hall–Kier alpha value is -2.23. The molecule has 5 nitrogen and oxygen atoms in total. The number of halogens is 1. The van der Waals surface area contributed by atoms with Gasteiger partial charge in [0, 0.05) is 36.5 Å². The molecule has 0 saturated carbocycles. The number of aromatic nitrogens is 5. The van der Waals surface area contributed by atoms with Crippen LogP contribution in [0.15, 0.2) is 61.3 Å². The van der Waals surface area contributed by atoms with Gasteiger partial charge in [-0.15, -0.1) is 6.07 Å².